The van der Waals surface area contributed by atoms with Crippen LogP contribution in [0.1, 0.15) is 59.8 Å². The van der Waals surface area contributed by atoms with E-state index >= 15 is 0 Å². The van der Waals surface area contributed by atoms with Crippen LogP contribution in [0.15, 0.2) is 0 Å². The van der Waals surface area contributed by atoms with E-state index in [2.05, 4.69) is 5.32 Å². The first-order valence-electron chi connectivity index (χ1n) is 9.13. The summed E-state index contributed by atoms with van der Waals surface area (Å²) in [4.78, 5) is 47.5. The third-order valence-corrected chi connectivity index (χ3v) is 5.27. The maximum atomic E-state index is 12.1. The quantitative estimate of drug-likeness (QED) is 0.487. The Hall–Kier alpha value is -1.77. The van der Waals surface area contributed by atoms with Crippen molar-refractivity contribution in [2.75, 3.05) is 13.4 Å². The molecule has 1 N–H and O–H groups in total. The van der Waals surface area contributed by atoms with Crippen molar-refractivity contribution in [3.05, 3.63) is 0 Å². The SMILES string of the molecule is CCOC(=O)[C@H](NC(C)=O)C(C)(C)SC(=O)OCOC(=O)C1CCCCC1. The number of nitrogens with one attached hydrogen (secondary N) is 1. The standard InChI is InChI=1S/C18H29NO7S/c1-5-24-16(22)14(19-12(2)20)18(3,4)27-17(23)26-11-25-15(21)13-9-7-6-8-10-13/h13-14H,5-11H2,1-4H3,(H,19,20)/t14-/m0/s1. The van der Waals surface area contributed by atoms with Crippen LogP contribution in [-0.2, 0) is 28.6 Å². The van der Waals surface area contributed by atoms with Crippen LogP contribution in [0.2, 0.25) is 0 Å². The zero-order valence-electron chi connectivity index (χ0n) is 16.4. The molecule has 9 heteroatoms. The van der Waals surface area contributed by atoms with Gasteiger partial charge in [-0.1, -0.05) is 19.3 Å². The van der Waals surface area contributed by atoms with E-state index in [1.54, 1.807) is 20.8 Å². The van der Waals surface area contributed by atoms with Gasteiger partial charge in [0.1, 0.15) is 6.04 Å². The van der Waals surface area contributed by atoms with Crippen LogP contribution in [0.4, 0.5) is 4.79 Å². The van der Waals surface area contributed by atoms with E-state index in [1.807, 2.05) is 0 Å². The zero-order chi connectivity index (χ0) is 20.4. The lowest BCUT2D eigenvalue weighted by Crippen LogP contribution is -2.53. The maximum Gasteiger partial charge on any atom is 0.370 e. The second kappa shape index (κ2) is 11.2. The monoisotopic (exact) mass is 403 g/mol. The molecule has 0 unspecified atom stereocenters. The van der Waals surface area contributed by atoms with Crippen molar-refractivity contribution in [2.45, 2.75) is 70.6 Å². The van der Waals surface area contributed by atoms with E-state index in [0.29, 0.717) is 0 Å². The minimum absolute atomic E-state index is 0.130. The fourth-order valence-electron chi connectivity index (χ4n) is 2.84. The summed E-state index contributed by atoms with van der Waals surface area (Å²) in [5, 5.41) is 1.79. The minimum atomic E-state index is -1.03. The average molecular weight is 403 g/mol. The van der Waals surface area contributed by atoms with Gasteiger partial charge in [0.25, 0.3) is 0 Å². The van der Waals surface area contributed by atoms with Crippen LogP contribution in [0.5, 0.6) is 0 Å². The fourth-order valence-corrected chi connectivity index (χ4v) is 3.65. The topological polar surface area (TPSA) is 108 Å². The second-order valence-electron chi connectivity index (χ2n) is 6.90. The van der Waals surface area contributed by atoms with Crippen molar-refractivity contribution < 1.29 is 33.4 Å². The van der Waals surface area contributed by atoms with Crippen molar-refractivity contribution in [3.63, 3.8) is 0 Å². The summed E-state index contributed by atoms with van der Waals surface area (Å²) in [7, 11) is 0. The molecule has 154 valence electrons. The first-order chi connectivity index (χ1) is 12.7. The smallest absolute Gasteiger partial charge is 0.370 e. The molecule has 0 spiro atoms. The number of hydrogen-bond donors (Lipinski definition) is 1. The Labute approximate surface area is 164 Å². The number of ether oxygens (including phenoxy) is 3. The molecular formula is C18H29NO7S. The molecule has 1 aliphatic carbocycles. The second-order valence-corrected chi connectivity index (χ2v) is 8.49. The molecule has 0 saturated heterocycles. The molecule has 1 fully saturated rings. The molecule has 0 radical (unpaired) electrons. The van der Waals surface area contributed by atoms with E-state index in [1.165, 1.54) is 6.92 Å². The predicted molar refractivity (Wildman–Crippen MR) is 99.9 cm³/mol. The number of thioether (sulfide) groups is 1. The van der Waals surface area contributed by atoms with Gasteiger partial charge in [-0.05, 0) is 45.4 Å². The zero-order valence-corrected chi connectivity index (χ0v) is 17.2. The van der Waals surface area contributed by atoms with Crippen LogP contribution < -0.4 is 5.32 Å². The highest BCUT2D eigenvalue weighted by molar-refractivity contribution is 8.14. The summed E-state index contributed by atoms with van der Waals surface area (Å²) in [5.41, 5.74) is 0. The molecular weight excluding hydrogens is 374 g/mol. The van der Waals surface area contributed by atoms with Gasteiger partial charge in [-0.15, -0.1) is 0 Å². The lowest BCUT2D eigenvalue weighted by Gasteiger charge is -2.31. The highest BCUT2D eigenvalue weighted by atomic mass is 32.2. The Morgan fingerprint density at radius 3 is 2.26 bits per heavy atom. The highest BCUT2D eigenvalue weighted by Gasteiger charge is 2.40. The van der Waals surface area contributed by atoms with Gasteiger partial charge in [-0.25, -0.2) is 9.59 Å². The van der Waals surface area contributed by atoms with Gasteiger partial charge in [0, 0.05) is 6.92 Å². The summed E-state index contributed by atoms with van der Waals surface area (Å²) in [5.74, 6) is -1.54. The van der Waals surface area contributed by atoms with Gasteiger partial charge < -0.3 is 19.5 Å². The van der Waals surface area contributed by atoms with E-state index in [9.17, 15) is 19.2 Å². The van der Waals surface area contributed by atoms with Gasteiger partial charge in [0.2, 0.25) is 12.7 Å². The number of carbonyl (C=O) groups excluding carboxylic acids is 4. The van der Waals surface area contributed by atoms with E-state index < -0.39 is 34.8 Å². The summed E-state index contributed by atoms with van der Waals surface area (Å²) < 4.78 is 13.9. The maximum absolute atomic E-state index is 12.1. The summed E-state index contributed by atoms with van der Waals surface area (Å²) in [6.45, 7) is 5.83. The molecule has 1 aliphatic rings. The highest BCUT2D eigenvalue weighted by Crippen LogP contribution is 2.31. The summed E-state index contributed by atoms with van der Waals surface area (Å²) >= 11 is 0.725. The molecule has 0 bridgehead atoms. The van der Waals surface area contributed by atoms with Crippen molar-refractivity contribution in [1.82, 2.24) is 5.32 Å². The Balaban J connectivity index is 2.52. The molecule has 27 heavy (non-hydrogen) atoms. The molecule has 1 saturated carbocycles. The van der Waals surface area contributed by atoms with Crippen molar-refractivity contribution in [2.24, 2.45) is 5.92 Å². The molecule has 0 aromatic rings. The van der Waals surface area contributed by atoms with E-state index in [0.717, 1.165) is 43.9 Å². The predicted octanol–water partition coefficient (Wildman–Crippen LogP) is 2.78. The Morgan fingerprint density at radius 2 is 1.70 bits per heavy atom. The molecule has 8 nitrogen and oxygen atoms in total. The molecule has 0 aromatic heterocycles. The number of carbonyl (C=O) groups is 4. The molecule has 1 atom stereocenters. The largest absolute Gasteiger partial charge is 0.464 e. The molecule has 0 aromatic carbocycles. The lowest BCUT2D eigenvalue weighted by atomic mass is 9.89. The first-order valence-corrected chi connectivity index (χ1v) is 9.95. The number of hydrogen-bond acceptors (Lipinski definition) is 8. The minimum Gasteiger partial charge on any atom is -0.464 e. The van der Waals surface area contributed by atoms with Gasteiger partial charge in [-0.3, -0.25) is 9.59 Å². The third kappa shape index (κ3) is 8.19. The van der Waals surface area contributed by atoms with Crippen molar-refractivity contribution in [1.29, 1.82) is 0 Å². The van der Waals surface area contributed by atoms with Crippen molar-refractivity contribution in [3.8, 4) is 0 Å². The van der Waals surface area contributed by atoms with Gasteiger partial charge >= 0.3 is 17.2 Å². The molecule has 0 heterocycles. The molecule has 1 rings (SSSR count). The normalized spacial score (nSPS) is 16.1. The van der Waals surface area contributed by atoms with Crippen LogP contribution >= 0.6 is 11.8 Å². The Bertz CT molecular complexity index is 544. The van der Waals surface area contributed by atoms with Gasteiger partial charge in [-0.2, -0.15) is 0 Å². The van der Waals surface area contributed by atoms with Crippen LogP contribution in [0, 0.1) is 5.92 Å². The van der Waals surface area contributed by atoms with Crippen LogP contribution in [0.3, 0.4) is 0 Å². The number of esters is 2. The van der Waals surface area contributed by atoms with Crippen LogP contribution in [-0.4, -0.2) is 47.3 Å². The van der Waals surface area contributed by atoms with E-state index in [-0.39, 0.29) is 18.5 Å². The third-order valence-electron chi connectivity index (χ3n) is 4.23. The molecule has 0 aliphatic heterocycles. The Kier molecular flexibility index (Phi) is 9.62. The lowest BCUT2D eigenvalue weighted by molar-refractivity contribution is -0.157. The van der Waals surface area contributed by atoms with Gasteiger partial charge in [0.05, 0.1) is 17.3 Å². The van der Waals surface area contributed by atoms with Crippen LogP contribution in [0.25, 0.3) is 0 Å². The van der Waals surface area contributed by atoms with E-state index in [4.69, 9.17) is 14.2 Å². The van der Waals surface area contributed by atoms with Crippen molar-refractivity contribution >= 4 is 34.9 Å². The van der Waals surface area contributed by atoms with Gasteiger partial charge in [0.15, 0.2) is 0 Å². The molecule has 1 amide bonds. The summed E-state index contributed by atoms with van der Waals surface area (Å²) in [6.07, 6.45) is 4.73. The first kappa shape index (κ1) is 23.3. The Morgan fingerprint density at radius 1 is 1.07 bits per heavy atom. The fraction of sp³-hybridized carbons (Fsp3) is 0.778. The average Bonchev–Trinajstić information content (AvgIpc) is 2.59. The summed E-state index contributed by atoms with van der Waals surface area (Å²) in [6, 6.07) is -1.03. The number of amides is 1. The number of rotatable bonds is 8.